The van der Waals surface area contributed by atoms with Crippen LogP contribution in [0.25, 0.3) is 0 Å². The van der Waals surface area contributed by atoms with Gasteiger partial charge in [0.25, 0.3) is 0 Å². The highest BCUT2D eigenvalue weighted by Crippen LogP contribution is 2.25. The Balaban J connectivity index is 2.15. The Bertz CT molecular complexity index is 524. The minimum Gasteiger partial charge on any atom is -0.308 e. The third-order valence-corrected chi connectivity index (χ3v) is 3.21. The van der Waals surface area contributed by atoms with Crippen molar-refractivity contribution in [1.29, 1.82) is 5.26 Å². The molecule has 1 atom stereocenters. The molecular weight excluding hydrogens is 245 g/mol. The summed E-state index contributed by atoms with van der Waals surface area (Å²) in [6, 6.07) is 5.83. The average Bonchev–Trinajstić information content (AvgIpc) is 2.77. The van der Waals surface area contributed by atoms with Crippen LogP contribution in [0.2, 0.25) is 0 Å². The van der Waals surface area contributed by atoms with Crippen molar-refractivity contribution in [3.05, 3.63) is 29.6 Å². The second-order valence-corrected chi connectivity index (χ2v) is 4.56. The van der Waals surface area contributed by atoms with Gasteiger partial charge < -0.3 is 10.2 Å². The van der Waals surface area contributed by atoms with Crippen LogP contribution in [-0.2, 0) is 4.79 Å². The molecule has 0 aromatic heterocycles. The van der Waals surface area contributed by atoms with Crippen LogP contribution in [0, 0.1) is 17.1 Å². The molecule has 1 N–H and O–H groups in total. The summed E-state index contributed by atoms with van der Waals surface area (Å²) in [6.07, 6.45) is 1.63. The van der Waals surface area contributed by atoms with Crippen molar-refractivity contribution >= 4 is 11.6 Å². The summed E-state index contributed by atoms with van der Waals surface area (Å²) in [7, 11) is 0. The quantitative estimate of drug-likeness (QED) is 0.899. The molecule has 0 radical (unpaired) electrons. The molecule has 0 aliphatic carbocycles. The first-order valence-electron chi connectivity index (χ1n) is 6.41. The average molecular weight is 261 g/mol. The number of nitrogens with zero attached hydrogens (tertiary/aromatic N) is 2. The van der Waals surface area contributed by atoms with Gasteiger partial charge in [0.2, 0.25) is 5.91 Å². The Labute approximate surface area is 111 Å². The van der Waals surface area contributed by atoms with Gasteiger partial charge in [-0.05, 0) is 37.6 Å². The molecule has 1 aromatic rings. The Hall–Kier alpha value is -1.93. The molecule has 1 unspecified atom stereocenters. The van der Waals surface area contributed by atoms with E-state index in [1.54, 1.807) is 0 Å². The van der Waals surface area contributed by atoms with Gasteiger partial charge in [-0.1, -0.05) is 6.92 Å². The minimum absolute atomic E-state index is 0.0999. The van der Waals surface area contributed by atoms with Gasteiger partial charge in [-0.3, -0.25) is 4.79 Å². The van der Waals surface area contributed by atoms with E-state index < -0.39 is 5.82 Å². The highest BCUT2D eigenvalue weighted by molar-refractivity contribution is 5.99. The largest absolute Gasteiger partial charge is 0.308 e. The summed E-state index contributed by atoms with van der Waals surface area (Å²) in [4.78, 5) is 13.6. The lowest BCUT2D eigenvalue weighted by atomic mass is 10.2. The number of hydrogen-bond acceptors (Lipinski definition) is 3. The number of carbonyl (C=O) groups is 1. The standard InChI is InChI=1S/C14H16FN3O/c1-2-6-17-12-5-7-18(14(12)19)13-4-3-10(9-16)8-11(13)15/h3-4,8,12,17H,2,5-7H2,1H3. The predicted molar refractivity (Wildman–Crippen MR) is 70.2 cm³/mol. The fraction of sp³-hybridized carbons (Fsp3) is 0.429. The summed E-state index contributed by atoms with van der Waals surface area (Å²) in [5, 5.41) is 11.9. The fourth-order valence-electron chi connectivity index (χ4n) is 2.22. The minimum atomic E-state index is -0.524. The summed E-state index contributed by atoms with van der Waals surface area (Å²) in [6.45, 7) is 3.31. The number of nitriles is 1. The van der Waals surface area contributed by atoms with E-state index in [4.69, 9.17) is 5.26 Å². The van der Waals surface area contributed by atoms with Crippen LogP contribution in [0.3, 0.4) is 0 Å². The van der Waals surface area contributed by atoms with Gasteiger partial charge >= 0.3 is 0 Å². The van der Waals surface area contributed by atoms with Crippen LogP contribution in [0.1, 0.15) is 25.3 Å². The SMILES string of the molecule is CCCNC1CCN(c2ccc(C#N)cc2F)C1=O. The first-order valence-corrected chi connectivity index (χ1v) is 6.41. The monoisotopic (exact) mass is 261 g/mol. The van der Waals surface area contributed by atoms with Crippen molar-refractivity contribution in [2.45, 2.75) is 25.8 Å². The third kappa shape index (κ3) is 2.74. The molecule has 0 spiro atoms. The lowest BCUT2D eigenvalue weighted by Gasteiger charge is -2.18. The first kappa shape index (κ1) is 13.5. The van der Waals surface area contributed by atoms with Gasteiger partial charge in [0.15, 0.2) is 0 Å². The maximum Gasteiger partial charge on any atom is 0.244 e. The van der Waals surface area contributed by atoms with Gasteiger partial charge in [-0.25, -0.2) is 4.39 Å². The number of carbonyl (C=O) groups excluding carboxylic acids is 1. The molecule has 0 saturated carbocycles. The number of nitrogens with one attached hydrogen (secondary N) is 1. The van der Waals surface area contributed by atoms with Gasteiger partial charge in [0, 0.05) is 6.54 Å². The van der Waals surface area contributed by atoms with Crippen LogP contribution < -0.4 is 10.2 Å². The molecule has 19 heavy (non-hydrogen) atoms. The number of anilines is 1. The van der Waals surface area contributed by atoms with E-state index in [2.05, 4.69) is 5.32 Å². The molecule has 0 bridgehead atoms. The number of rotatable bonds is 4. The van der Waals surface area contributed by atoms with E-state index in [0.29, 0.717) is 13.0 Å². The molecule has 1 aliphatic heterocycles. The maximum absolute atomic E-state index is 13.9. The van der Waals surface area contributed by atoms with Crippen molar-refractivity contribution in [2.75, 3.05) is 18.0 Å². The molecule has 1 heterocycles. The summed E-state index contributed by atoms with van der Waals surface area (Å²) >= 11 is 0. The van der Waals surface area contributed by atoms with Crippen molar-refractivity contribution < 1.29 is 9.18 Å². The van der Waals surface area contributed by atoms with Gasteiger partial charge in [0.1, 0.15) is 5.82 Å². The second-order valence-electron chi connectivity index (χ2n) is 4.56. The zero-order valence-electron chi connectivity index (χ0n) is 10.8. The first-order chi connectivity index (χ1) is 9.17. The van der Waals surface area contributed by atoms with Crippen LogP contribution in [0.15, 0.2) is 18.2 Å². The van der Waals surface area contributed by atoms with Crippen LogP contribution in [0.4, 0.5) is 10.1 Å². The molecule has 1 aliphatic rings. The molecule has 1 fully saturated rings. The van der Waals surface area contributed by atoms with Crippen LogP contribution in [-0.4, -0.2) is 25.0 Å². The van der Waals surface area contributed by atoms with Crippen LogP contribution >= 0.6 is 0 Å². The molecule has 2 rings (SSSR count). The summed E-state index contributed by atoms with van der Waals surface area (Å²) in [5.74, 6) is -0.624. The Kier molecular flexibility index (Phi) is 4.13. The molecule has 5 heteroatoms. The smallest absolute Gasteiger partial charge is 0.244 e. The van der Waals surface area contributed by atoms with Crippen LogP contribution in [0.5, 0.6) is 0 Å². The number of amides is 1. The third-order valence-electron chi connectivity index (χ3n) is 3.21. The molecule has 4 nitrogen and oxygen atoms in total. The number of halogens is 1. The molecule has 1 aromatic carbocycles. The topological polar surface area (TPSA) is 56.1 Å². The van der Waals surface area contributed by atoms with Crippen molar-refractivity contribution in [3.63, 3.8) is 0 Å². The molecule has 1 saturated heterocycles. The van der Waals surface area contributed by atoms with Gasteiger partial charge in [-0.2, -0.15) is 5.26 Å². The molecule has 1 amide bonds. The lowest BCUT2D eigenvalue weighted by molar-refractivity contribution is -0.118. The summed E-state index contributed by atoms with van der Waals surface area (Å²) in [5.41, 5.74) is 0.512. The molecular formula is C14H16FN3O. The zero-order chi connectivity index (χ0) is 13.8. The van der Waals surface area contributed by atoms with E-state index in [0.717, 1.165) is 19.0 Å². The number of benzene rings is 1. The van der Waals surface area contributed by atoms with Gasteiger partial charge in [-0.15, -0.1) is 0 Å². The van der Waals surface area contributed by atoms with Crippen molar-refractivity contribution in [1.82, 2.24) is 5.32 Å². The highest BCUT2D eigenvalue weighted by atomic mass is 19.1. The summed E-state index contributed by atoms with van der Waals surface area (Å²) < 4.78 is 13.9. The molecule has 100 valence electrons. The van der Waals surface area contributed by atoms with Crippen molar-refractivity contribution in [3.8, 4) is 6.07 Å². The maximum atomic E-state index is 13.9. The van der Waals surface area contributed by atoms with Gasteiger partial charge in [0.05, 0.1) is 23.4 Å². The zero-order valence-corrected chi connectivity index (χ0v) is 10.8. The van der Waals surface area contributed by atoms with E-state index in [-0.39, 0.29) is 23.2 Å². The number of hydrogen-bond donors (Lipinski definition) is 1. The fourth-order valence-corrected chi connectivity index (χ4v) is 2.22. The van der Waals surface area contributed by atoms with Crippen molar-refractivity contribution in [2.24, 2.45) is 0 Å². The van der Waals surface area contributed by atoms with E-state index in [1.807, 2.05) is 13.0 Å². The lowest BCUT2D eigenvalue weighted by Crippen LogP contribution is -2.38. The Morgan fingerprint density at radius 2 is 2.37 bits per heavy atom. The Morgan fingerprint density at radius 1 is 1.58 bits per heavy atom. The van der Waals surface area contributed by atoms with E-state index in [1.165, 1.54) is 17.0 Å². The second kappa shape index (κ2) is 5.81. The highest BCUT2D eigenvalue weighted by Gasteiger charge is 2.33. The predicted octanol–water partition coefficient (Wildman–Crippen LogP) is 1.80. The van der Waals surface area contributed by atoms with E-state index in [9.17, 15) is 9.18 Å². The van der Waals surface area contributed by atoms with E-state index >= 15 is 0 Å². The Morgan fingerprint density at radius 3 is 3.00 bits per heavy atom. The normalized spacial score (nSPS) is 18.7.